The molecule has 0 aromatic heterocycles. The Hall–Kier alpha value is -1.71. The molecule has 0 bridgehead atoms. The van der Waals surface area contributed by atoms with Crippen LogP contribution in [0.4, 0.5) is 0 Å². The van der Waals surface area contributed by atoms with E-state index in [-0.39, 0.29) is 75.9 Å². The van der Waals surface area contributed by atoms with Crippen molar-refractivity contribution >= 4 is 17.9 Å². The van der Waals surface area contributed by atoms with Crippen LogP contribution in [0.5, 0.6) is 0 Å². The number of aliphatic hydroxyl groups is 2. The minimum absolute atomic E-state index is 0.0221. The largest absolute Gasteiger partial charge is 0.462 e. The summed E-state index contributed by atoms with van der Waals surface area (Å²) in [6.07, 6.45) is 5.37. The molecule has 5 aliphatic carbocycles. The minimum Gasteiger partial charge on any atom is -0.462 e. The van der Waals surface area contributed by atoms with Crippen LogP contribution in [0.25, 0.3) is 0 Å². The van der Waals surface area contributed by atoms with Crippen LogP contribution in [0.15, 0.2) is 0 Å². The molecule has 0 amide bonds. The predicted molar refractivity (Wildman–Crippen MR) is 183 cm³/mol. The van der Waals surface area contributed by atoms with E-state index in [0.717, 1.165) is 44.9 Å². The number of esters is 3. The lowest BCUT2D eigenvalue weighted by Crippen LogP contribution is -2.60. The maximum atomic E-state index is 13.0. The van der Waals surface area contributed by atoms with E-state index in [0.29, 0.717) is 18.3 Å². The van der Waals surface area contributed by atoms with Gasteiger partial charge in [0, 0.05) is 17.8 Å². The average Bonchev–Trinajstić information content (AvgIpc) is 3.59. The van der Waals surface area contributed by atoms with Gasteiger partial charge in [0.25, 0.3) is 0 Å². The Morgan fingerprint density at radius 3 is 2.12 bits per heavy atom. The van der Waals surface area contributed by atoms with E-state index in [1.165, 1.54) is 6.92 Å². The van der Waals surface area contributed by atoms with Gasteiger partial charge >= 0.3 is 17.9 Å². The van der Waals surface area contributed by atoms with Gasteiger partial charge in [0.1, 0.15) is 11.7 Å². The number of ether oxygens (including phenoxy) is 4. The molecular weight excluding hydrogens is 624 g/mol. The SMILES string of the molecule is CC(=O)O[C@@H]([C@H]1C[C@@H](C)C2[C@H](O1)[C@H](O)[C@@]1(C)[C@@H]3CC[C@H]4C(C)(C)[C@@H](OC(=O)CCC(=O)OC(C)(C)C)CCC45C[C@@]35CC[C@]21C)C(C)(C)O. The zero-order chi connectivity index (χ0) is 36.3. The summed E-state index contributed by atoms with van der Waals surface area (Å²) < 4.78 is 24.0. The van der Waals surface area contributed by atoms with Crippen LogP contribution in [-0.2, 0) is 33.3 Å². The highest BCUT2D eigenvalue weighted by Crippen LogP contribution is 2.89. The van der Waals surface area contributed by atoms with E-state index < -0.39 is 35.5 Å². The van der Waals surface area contributed by atoms with Crippen LogP contribution in [0, 0.1) is 50.7 Å². The molecule has 13 atom stereocenters. The van der Waals surface area contributed by atoms with Crippen molar-refractivity contribution in [2.24, 2.45) is 50.7 Å². The van der Waals surface area contributed by atoms with Crippen LogP contribution in [0.1, 0.15) is 140 Å². The van der Waals surface area contributed by atoms with Crippen LogP contribution < -0.4 is 0 Å². The normalized spacial score (nSPS) is 45.7. The second-order valence-electron chi connectivity index (χ2n) is 19.8. The highest BCUT2D eigenvalue weighted by Gasteiger charge is 2.84. The summed E-state index contributed by atoms with van der Waals surface area (Å²) in [5.74, 6) is 0.00301. The van der Waals surface area contributed by atoms with E-state index >= 15 is 0 Å². The second kappa shape index (κ2) is 11.6. The van der Waals surface area contributed by atoms with Gasteiger partial charge in [-0.15, -0.1) is 0 Å². The number of fused-ring (bicyclic) bond motifs is 4. The molecule has 1 saturated heterocycles. The Bertz CT molecular complexity index is 1340. The van der Waals surface area contributed by atoms with Crippen molar-refractivity contribution in [3.8, 4) is 0 Å². The molecule has 9 nitrogen and oxygen atoms in total. The van der Waals surface area contributed by atoms with Crippen molar-refractivity contribution in [1.29, 1.82) is 0 Å². The molecular formula is C40H64O9. The topological polar surface area (TPSA) is 129 Å². The fourth-order valence-corrected chi connectivity index (χ4v) is 13.4. The lowest BCUT2D eigenvalue weighted by molar-refractivity contribution is -0.216. The number of aliphatic hydroxyl groups excluding tert-OH is 1. The summed E-state index contributed by atoms with van der Waals surface area (Å²) in [4.78, 5) is 37.3. The van der Waals surface area contributed by atoms with E-state index in [2.05, 4.69) is 34.6 Å². The summed E-state index contributed by atoms with van der Waals surface area (Å²) in [6.45, 7) is 21.7. The van der Waals surface area contributed by atoms with E-state index in [1.54, 1.807) is 13.8 Å². The molecule has 6 fully saturated rings. The van der Waals surface area contributed by atoms with Crippen molar-refractivity contribution in [2.75, 3.05) is 0 Å². The van der Waals surface area contributed by atoms with Crippen LogP contribution in [0.2, 0.25) is 0 Å². The van der Waals surface area contributed by atoms with Gasteiger partial charge in [0.05, 0.1) is 36.8 Å². The molecule has 2 spiro atoms. The molecule has 49 heavy (non-hydrogen) atoms. The number of hydrogen-bond donors (Lipinski definition) is 2. The van der Waals surface area contributed by atoms with Gasteiger partial charge in [-0.3, -0.25) is 14.4 Å². The molecule has 9 heteroatoms. The lowest BCUT2D eigenvalue weighted by atomic mass is 9.41. The Morgan fingerprint density at radius 2 is 1.51 bits per heavy atom. The highest BCUT2D eigenvalue weighted by molar-refractivity contribution is 5.78. The summed E-state index contributed by atoms with van der Waals surface area (Å²) in [6, 6.07) is 0. The zero-order valence-electron chi connectivity index (χ0n) is 32.0. The van der Waals surface area contributed by atoms with E-state index in [4.69, 9.17) is 18.9 Å². The van der Waals surface area contributed by atoms with Gasteiger partial charge in [0.15, 0.2) is 6.10 Å². The lowest BCUT2D eigenvalue weighted by Gasteiger charge is -2.63. The first-order valence-corrected chi connectivity index (χ1v) is 19.1. The molecule has 2 N–H and O–H groups in total. The molecule has 0 aromatic rings. The maximum Gasteiger partial charge on any atom is 0.306 e. The highest BCUT2D eigenvalue weighted by atomic mass is 16.6. The van der Waals surface area contributed by atoms with Crippen LogP contribution in [0.3, 0.4) is 0 Å². The van der Waals surface area contributed by atoms with Crippen LogP contribution in [-0.4, -0.2) is 69.8 Å². The second-order valence-corrected chi connectivity index (χ2v) is 19.8. The molecule has 1 heterocycles. The zero-order valence-corrected chi connectivity index (χ0v) is 32.0. The summed E-state index contributed by atoms with van der Waals surface area (Å²) in [5.41, 5.74) is -2.21. The van der Waals surface area contributed by atoms with Gasteiger partial charge in [0.2, 0.25) is 0 Å². The molecule has 0 aromatic carbocycles. The van der Waals surface area contributed by atoms with Crippen molar-refractivity contribution < 1.29 is 43.5 Å². The van der Waals surface area contributed by atoms with Gasteiger partial charge in [-0.05, 0) is 126 Å². The summed E-state index contributed by atoms with van der Waals surface area (Å²) in [7, 11) is 0. The third-order valence-electron chi connectivity index (χ3n) is 15.3. The van der Waals surface area contributed by atoms with E-state index in [1.807, 2.05) is 20.8 Å². The third kappa shape index (κ3) is 5.52. The Labute approximate surface area is 293 Å². The molecule has 6 rings (SSSR count). The van der Waals surface area contributed by atoms with Gasteiger partial charge in [-0.2, -0.15) is 0 Å². The first-order valence-electron chi connectivity index (χ1n) is 19.1. The molecule has 6 aliphatic rings. The van der Waals surface area contributed by atoms with Gasteiger partial charge in [-0.1, -0.05) is 34.6 Å². The summed E-state index contributed by atoms with van der Waals surface area (Å²) in [5, 5.41) is 23.5. The first-order chi connectivity index (χ1) is 22.4. The van der Waals surface area contributed by atoms with Crippen molar-refractivity contribution in [3.05, 3.63) is 0 Å². The molecule has 0 radical (unpaired) electrons. The number of carbonyl (C=O) groups is 3. The average molecular weight is 689 g/mol. The fourth-order valence-electron chi connectivity index (χ4n) is 13.4. The fraction of sp³-hybridized carbons (Fsp3) is 0.925. The quantitative estimate of drug-likeness (QED) is 0.226. The third-order valence-corrected chi connectivity index (χ3v) is 15.3. The van der Waals surface area contributed by atoms with Crippen LogP contribution >= 0.6 is 0 Å². The smallest absolute Gasteiger partial charge is 0.306 e. The monoisotopic (exact) mass is 688 g/mol. The molecule has 2 unspecified atom stereocenters. The molecule has 278 valence electrons. The van der Waals surface area contributed by atoms with Crippen molar-refractivity contribution in [2.45, 2.75) is 182 Å². The van der Waals surface area contributed by atoms with Gasteiger partial charge < -0.3 is 29.2 Å². The first kappa shape index (κ1) is 37.1. The summed E-state index contributed by atoms with van der Waals surface area (Å²) >= 11 is 0. The van der Waals surface area contributed by atoms with Gasteiger partial charge in [-0.25, -0.2) is 0 Å². The Morgan fingerprint density at radius 1 is 0.898 bits per heavy atom. The predicted octanol–water partition coefficient (Wildman–Crippen LogP) is 6.54. The molecule has 5 saturated carbocycles. The number of carbonyl (C=O) groups excluding carboxylic acids is 3. The minimum atomic E-state index is -1.28. The Balaban J connectivity index is 1.20. The number of hydrogen-bond acceptors (Lipinski definition) is 9. The Kier molecular flexibility index (Phi) is 8.81. The van der Waals surface area contributed by atoms with Crippen molar-refractivity contribution in [3.63, 3.8) is 0 Å². The maximum absolute atomic E-state index is 13.0. The number of rotatable bonds is 7. The van der Waals surface area contributed by atoms with Crippen molar-refractivity contribution in [1.82, 2.24) is 0 Å². The molecule has 1 aliphatic heterocycles. The van der Waals surface area contributed by atoms with E-state index in [9.17, 15) is 24.6 Å². The standard InChI is InChI=1S/C40H64O9/c1-22-20-24(33(36(8,9)45)46-23(2)41)47-31-30(22)37(10)18-19-40-21-39(40)17-16-27(48-28(42)14-15-29(43)49-34(3,4)5)35(6,7)25(39)12-13-26(40)38(37,11)32(31)44/h22,24-27,30-33,44-45H,12-21H2,1-11H3/t22-,24-,25+,26+,27+,30?,31+,32+,33+,37-,38-,39?,40+/m1/s1.